The van der Waals surface area contributed by atoms with Gasteiger partial charge in [-0.05, 0) is 43.2 Å². The Kier molecular flexibility index (Phi) is 4.48. The van der Waals surface area contributed by atoms with Crippen LogP contribution in [0, 0.1) is 13.8 Å². The number of phenolic OH excluding ortho intramolecular Hbond substituents is 1. The Morgan fingerprint density at radius 1 is 1.10 bits per heavy atom. The summed E-state index contributed by atoms with van der Waals surface area (Å²) in [6.07, 6.45) is 0. The lowest BCUT2D eigenvalue weighted by atomic mass is 10.1. The number of hydrogen-bond acceptors (Lipinski definition) is 3. The highest BCUT2D eigenvalue weighted by Gasteiger charge is 2.06. The standard InChI is InChI=1S/C17H20N2O2/c1-11-4-9-15(12(2)16(11)20)19-10-13-5-7-14(8-6-13)17(21)18-3/h4-9,19-20H,10H2,1-3H3,(H,18,21). The zero-order chi connectivity index (χ0) is 15.4. The molecule has 2 aromatic rings. The lowest BCUT2D eigenvalue weighted by Gasteiger charge is -2.12. The van der Waals surface area contributed by atoms with Crippen molar-refractivity contribution in [3.05, 3.63) is 58.7 Å². The Bertz CT molecular complexity index is 649. The Balaban J connectivity index is 2.07. The third kappa shape index (κ3) is 3.34. The Morgan fingerprint density at radius 3 is 2.38 bits per heavy atom. The number of carbonyl (C=O) groups is 1. The van der Waals surface area contributed by atoms with Gasteiger partial charge < -0.3 is 15.7 Å². The molecule has 2 aromatic carbocycles. The first-order valence-corrected chi connectivity index (χ1v) is 6.87. The van der Waals surface area contributed by atoms with E-state index in [1.54, 1.807) is 19.2 Å². The number of benzene rings is 2. The summed E-state index contributed by atoms with van der Waals surface area (Å²) in [7, 11) is 1.62. The van der Waals surface area contributed by atoms with Crippen LogP contribution in [0.5, 0.6) is 5.75 Å². The van der Waals surface area contributed by atoms with E-state index in [0.717, 1.165) is 22.4 Å². The molecule has 2 rings (SSSR count). The normalized spacial score (nSPS) is 10.2. The van der Waals surface area contributed by atoms with Crippen LogP contribution in [0.3, 0.4) is 0 Å². The minimum Gasteiger partial charge on any atom is -0.507 e. The number of amides is 1. The molecule has 0 fully saturated rings. The van der Waals surface area contributed by atoms with Gasteiger partial charge in [0.05, 0.1) is 0 Å². The van der Waals surface area contributed by atoms with Gasteiger partial charge in [-0.1, -0.05) is 18.2 Å². The van der Waals surface area contributed by atoms with Crippen molar-refractivity contribution in [1.82, 2.24) is 5.32 Å². The molecule has 0 bridgehead atoms. The third-order valence-electron chi connectivity index (χ3n) is 3.56. The average Bonchev–Trinajstić information content (AvgIpc) is 2.52. The highest BCUT2D eigenvalue weighted by Crippen LogP contribution is 2.28. The highest BCUT2D eigenvalue weighted by atomic mass is 16.3. The maximum Gasteiger partial charge on any atom is 0.251 e. The Morgan fingerprint density at radius 2 is 1.76 bits per heavy atom. The van der Waals surface area contributed by atoms with Crippen molar-refractivity contribution in [2.75, 3.05) is 12.4 Å². The summed E-state index contributed by atoms with van der Waals surface area (Å²) >= 11 is 0. The van der Waals surface area contributed by atoms with Crippen LogP contribution in [0.25, 0.3) is 0 Å². The monoisotopic (exact) mass is 284 g/mol. The van der Waals surface area contributed by atoms with Crippen molar-refractivity contribution in [3.63, 3.8) is 0 Å². The van der Waals surface area contributed by atoms with Crippen molar-refractivity contribution in [2.45, 2.75) is 20.4 Å². The van der Waals surface area contributed by atoms with Crippen LogP contribution in [0.4, 0.5) is 5.69 Å². The molecule has 0 radical (unpaired) electrons. The molecule has 0 saturated carbocycles. The smallest absolute Gasteiger partial charge is 0.251 e. The molecule has 3 N–H and O–H groups in total. The summed E-state index contributed by atoms with van der Waals surface area (Å²) in [6.45, 7) is 4.40. The van der Waals surface area contributed by atoms with Crippen LogP contribution in [0.2, 0.25) is 0 Å². The van der Waals surface area contributed by atoms with Crippen LogP contribution in [0.15, 0.2) is 36.4 Å². The van der Waals surface area contributed by atoms with Crippen LogP contribution in [-0.4, -0.2) is 18.1 Å². The second-order valence-corrected chi connectivity index (χ2v) is 5.03. The molecule has 0 atom stereocenters. The van der Waals surface area contributed by atoms with E-state index >= 15 is 0 Å². The molecule has 110 valence electrons. The minimum atomic E-state index is -0.0891. The molecule has 4 heteroatoms. The molecular weight excluding hydrogens is 264 g/mol. The van der Waals surface area contributed by atoms with E-state index in [2.05, 4.69) is 10.6 Å². The number of anilines is 1. The number of hydrogen-bond donors (Lipinski definition) is 3. The van der Waals surface area contributed by atoms with E-state index in [-0.39, 0.29) is 5.91 Å². The molecule has 0 aliphatic rings. The summed E-state index contributed by atoms with van der Waals surface area (Å²) in [4.78, 5) is 11.5. The number of phenols is 1. The summed E-state index contributed by atoms with van der Waals surface area (Å²) in [6, 6.07) is 11.3. The largest absolute Gasteiger partial charge is 0.507 e. The fourth-order valence-electron chi connectivity index (χ4n) is 2.14. The van der Waals surface area contributed by atoms with Gasteiger partial charge in [-0.15, -0.1) is 0 Å². The fraction of sp³-hybridized carbons (Fsp3) is 0.235. The number of aryl methyl sites for hydroxylation is 1. The van der Waals surface area contributed by atoms with E-state index in [4.69, 9.17) is 0 Å². The number of nitrogens with one attached hydrogen (secondary N) is 2. The quantitative estimate of drug-likeness (QED) is 0.809. The van der Waals surface area contributed by atoms with Crippen molar-refractivity contribution < 1.29 is 9.90 Å². The van der Waals surface area contributed by atoms with Crippen LogP contribution >= 0.6 is 0 Å². The molecule has 0 saturated heterocycles. The summed E-state index contributed by atoms with van der Waals surface area (Å²) < 4.78 is 0. The second kappa shape index (κ2) is 6.31. The number of carbonyl (C=O) groups excluding carboxylic acids is 1. The van der Waals surface area contributed by atoms with Gasteiger partial charge in [0.1, 0.15) is 5.75 Å². The van der Waals surface area contributed by atoms with Crippen LogP contribution in [-0.2, 0) is 6.54 Å². The molecule has 4 nitrogen and oxygen atoms in total. The Hall–Kier alpha value is -2.49. The molecule has 0 spiro atoms. The van der Waals surface area contributed by atoms with Gasteiger partial charge in [-0.25, -0.2) is 0 Å². The highest BCUT2D eigenvalue weighted by molar-refractivity contribution is 5.93. The zero-order valence-electron chi connectivity index (χ0n) is 12.5. The fourth-order valence-corrected chi connectivity index (χ4v) is 2.14. The van der Waals surface area contributed by atoms with E-state index < -0.39 is 0 Å². The molecule has 1 amide bonds. The van der Waals surface area contributed by atoms with E-state index in [0.29, 0.717) is 17.9 Å². The first kappa shape index (κ1) is 14.9. The maximum atomic E-state index is 11.5. The molecule has 0 unspecified atom stereocenters. The lowest BCUT2D eigenvalue weighted by molar-refractivity contribution is 0.0963. The SMILES string of the molecule is CNC(=O)c1ccc(CNc2ccc(C)c(O)c2C)cc1. The van der Waals surface area contributed by atoms with Gasteiger partial charge in [-0.3, -0.25) is 4.79 Å². The predicted molar refractivity (Wildman–Crippen MR) is 84.7 cm³/mol. The summed E-state index contributed by atoms with van der Waals surface area (Å²) in [5.41, 5.74) is 4.34. The van der Waals surface area contributed by atoms with Gasteiger partial charge in [0.15, 0.2) is 0 Å². The van der Waals surface area contributed by atoms with E-state index in [1.807, 2.05) is 38.1 Å². The lowest BCUT2D eigenvalue weighted by Crippen LogP contribution is -2.17. The van der Waals surface area contributed by atoms with Crippen molar-refractivity contribution in [3.8, 4) is 5.75 Å². The first-order valence-electron chi connectivity index (χ1n) is 6.87. The predicted octanol–water partition coefficient (Wildman–Crippen LogP) is 2.98. The van der Waals surface area contributed by atoms with Crippen molar-refractivity contribution in [2.24, 2.45) is 0 Å². The minimum absolute atomic E-state index is 0.0891. The van der Waals surface area contributed by atoms with Gasteiger partial charge in [-0.2, -0.15) is 0 Å². The van der Waals surface area contributed by atoms with Crippen LogP contribution in [0.1, 0.15) is 27.0 Å². The maximum absolute atomic E-state index is 11.5. The molecular formula is C17H20N2O2. The second-order valence-electron chi connectivity index (χ2n) is 5.03. The van der Waals surface area contributed by atoms with Gasteiger partial charge >= 0.3 is 0 Å². The molecule has 0 aromatic heterocycles. The van der Waals surface area contributed by atoms with Gasteiger partial charge in [0.2, 0.25) is 0 Å². The zero-order valence-corrected chi connectivity index (χ0v) is 12.5. The average molecular weight is 284 g/mol. The number of aromatic hydroxyl groups is 1. The van der Waals surface area contributed by atoms with Crippen molar-refractivity contribution in [1.29, 1.82) is 0 Å². The number of rotatable bonds is 4. The summed E-state index contributed by atoms with van der Waals surface area (Å²) in [5, 5.41) is 15.8. The van der Waals surface area contributed by atoms with E-state index in [1.165, 1.54) is 0 Å². The third-order valence-corrected chi connectivity index (χ3v) is 3.56. The molecule has 0 aliphatic heterocycles. The summed E-state index contributed by atoms with van der Waals surface area (Å²) in [5.74, 6) is 0.240. The van der Waals surface area contributed by atoms with Crippen molar-refractivity contribution >= 4 is 11.6 Å². The molecule has 0 aliphatic carbocycles. The van der Waals surface area contributed by atoms with Crippen LogP contribution < -0.4 is 10.6 Å². The Labute approximate surface area is 124 Å². The topological polar surface area (TPSA) is 61.4 Å². The first-order chi connectivity index (χ1) is 10.0. The van der Waals surface area contributed by atoms with E-state index in [9.17, 15) is 9.90 Å². The molecule has 21 heavy (non-hydrogen) atoms. The molecule has 0 heterocycles. The van der Waals surface area contributed by atoms with Gasteiger partial charge in [0, 0.05) is 30.4 Å². The van der Waals surface area contributed by atoms with Gasteiger partial charge in [0.25, 0.3) is 5.91 Å².